The van der Waals surface area contributed by atoms with Crippen molar-refractivity contribution >= 4 is 11.7 Å². The number of benzene rings is 2. The summed E-state index contributed by atoms with van der Waals surface area (Å²) in [4.78, 5) is 15.1. The lowest BCUT2D eigenvalue weighted by Crippen LogP contribution is -2.52. The number of carbonyl (C=O) groups is 1. The molecule has 6 rings (SSSR count). The van der Waals surface area contributed by atoms with Gasteiger partial charge in [0.25, 0.3) is 0 Å². The van der Waals surface area contributed by atoms with E-state index in [4.69, 9.17) is 0 Å². The van der Waals surface area contributed by atoms with Gasteiger partial charge in [-0.1, -0.05) is 48.5 Å². The molecule has 3 heteroatoms. The first kappa shape index (κ1) is 17.8. The molecule has 1 N–H and O–H groups in total. The summed E-state index contributed by atoms with van der Waals surface area (Å²) in [6.45, 7) is 1.44. The van der Waals surface area contributed by atoms with Crippen LogP contribution in [0.4, 0.5) is 10.5 Å². The van der Waals surface area contributed by atoms with Crippen molar-refractivity contribution in [2.45, 2.75) is 45.1 Å². The van der Waals surface area contributed by atoms with E-state index >= 15 is 0 Å². The summed E-state index contributed by atoms with van der Waals surface area (Å²) >= 11 is 0. The lowest BCUT2D eigenvalue weighted by molar-refractivity contribution is -0.0497. The molecular weight excluding hydrogens is 344 g/mol. The van der Waals surface area contributed by atoms with Crippen molar-refractivity contribution in [3.05, 3.63) is 66.2 Å². The number of hydrogen-bond donors (Lipinski definition) is 1. The number of para-hydroxylation sites is 1. The Labute approximate surface area is 168 Å². The topological polar surface area (TPSA) is 32.3 Å². The van der Waals surface area contributed by atoms with Crippen molar-refractivity contribution in [1.29, 1.82) is 0 Å². The summed E-state index contributed by atoms with van der Waals surface area (Å²) in [7, 11) is 0. The number of nitrogens with one attached hydrogen (secondary N) is 1. The highest BCUT2D eigenvalue weighted by atomic mass is 16.2. The van der Waals surface area contributed by atoms with Crippen molar-refractivity contribution < 1.29 is 4.79 Å². The van der Waals surface area contributed by atoms with Crippen LogP contribution in [0.1, 0.15) is 44.1 Å². The van der Waals surface area contributed by atoms with Gasteiger partial charge in [0.15, 0.2) is 0 Å². The summed E-state index contributed by atoms with van der Waals surface area (Å²) in [6.07, 6.45) is 8.29. The molecule has 4 aliphatic rings. The molecule has 0 saturated heterocycles. The molecular formula is C25H30N2O. The fourth-order valence-corrected chi connectivity index (χ4v) is 6.52. The standard InChI is InChI=1S/C25H30N2O/c28-24(26-18-25-14-20-11-21(15-25)13-22(12-20)16-25)27(23-9-5-2-6-10-23)17-19-7-3-1-4-8-19/h1-10,20-22H,11-18H2,(H,26,28). The van der Waals surface area contributed by atoms with Crippen LogP contribution in [0.3, 0.4) is 0 Å². The molecule has 28 heavy (non-hydrogen) atoms. The van der Waals surface area contributed by atoms with Crippen molar-refractivity contribution in [2.24, 2.45) is 23.2 Å². The second-order valence-corrected chi connectivity index (χ2v) is 9.48. The first-order chi connectivity index (χ1) is 13.7. The van der Waals surface area contributed by atoms with Crippen LogP contribution in [0.2, 0.25) is 0 Å². The highest BCUT2D eigenvalue weighted by molar-refractivity contribution is 5.91. The van der Waals surface area contributed by atoms with E-state index in [0.29, 0.717) is 12.0 Å². The smallest absolute Gasteiger partial charge is 0.322 e. The molecule has 0 aliphatic heterocycles. The minimum atomic E-state index is 0.0331. The Balaban J connectivity index is 1.31. The molecule has 4 aliphatic carbocycles. The fraction of sp³-hybridized carbons (Fsp3) is 0.480. The summed E-state index contributed by atoms with van der Waals surface area (Å²) in [5, 5.41) is 3.35. The fourth-order valence-electron chi connectivity index (χ4n) is 6.52. The largest absolute Gasteiger partial charge is 0.337 e. The van der Waals surface area contributed by atoms with E-state index in [1.807, 2.05) is 53.4 Å². The predicted octanol–water partition coefficient (Wildman–Crippen LogP) is 5.62. The van der Waals surface area contributed by atoms with Gasteiger partial charge in [-0.25, -0.2) is 4.79 Å². The second-order valence-electron chi connectivity index (χ2n) is 9.48. The molecule has 0 radical (unpaired) electrons. The zero-order chi connectivity index (χ0) is 19.0. The minimum absolute atomic E-state index is 0.0331. The third kappa shape index (κ3) is 3.55. The van der Waals surface area contributed by atoms with E-state index in [9.17, 15) is 4.79 Å². The van der Waals surface area contributed by atoms with Gasteiger partial charge in [0.2, 0.25) is 0 Å². The maximum absolute atomic E-state index is 13.3. The first-order valence-electron chi connectivity index (χ1n) is 10.8. The summed E-state index contributed by atoms with van der Waals surface area (Å²) in [5.41, 5.74) is 2.46. The number of amides is 2. The first-order valence-corrected chi connectivity index (χ1v) is 10.8. The molecule has 2 aromatic carbocycles. The van der Waals surface area contributed by atoms with E-state index in [1.54, 1.807) is 0 Å². The van der Waals surface area contributed by atoms with Gasteiger partial charge in [0.1, 0.15) is 0 Å². The maximum Gasteiger partial charge on any atom is 0.322 e. The number of anilines is 1. The van der Waals surface area contributed by atoms with Crippen LogP contribution in [-0.4, -0.2) is 12.6 Å². The third-order valence-electron chi connectivity index (χ3n) is 7.28. The van der Waals surface area contributed by atoms with Crippen molar-refractivity contribution in [3.8, 4) is 0 Å². The Morgan fingerprint density at radius 2 is 1.39 bits per heavy atom. The molecule has 0 spiro atoms. The van der Waals surface area contributed by atoms with Crippen LogP contribution in [-0.2, 0) is 6.54 Å². The van der Waals surface area contributed by atoms with Gasteiger partial charge in [-0.15, -0.1) is 0 Å². The number of urea groups is 1. The van der Waals surface area contributed by atoms with Crippen molar-refractivity contribution in [3.63, 3.8) is 0 Å². The average molecular weight is 375 g/mol. The van der Waals surface area contributed by atoms with Crippen LogP contribution in [0.25, 0.3) is 0 Å². The van der Waals surface area contributed by atoms with E-state index in [-0.39, 0.29) is 6.03 Å². The Bertz CT molecular complexity index is 782. The van der Waals surface area contributed by atoms with E-state index in [0.717, 1.165) is 35.5 Å². The molecule has 4 bridgehead atoms. The maximum atomic E-state index is 13.3. The van der Waals surface area contributed by atoms with Crippen LogP contribution < -0.4 is 10.2 Å². The van der Waals surface area contributed by atoms with E-state index in [2.05, 4.69) is 17.4 Å². The molecule has 4 saturated carbocycles. The molecule has 2 aromatic rings. The molecule has 0 atom stereocenters. The average Bonchev–Trinajstić information content (AvgIpc) is 2.71. The molecule has 0 aromatic heterocycles. The van der Waals surface area contributed by atoms with Crippen LogP contribution >= 0.6 is 0 Å². The molecule has 3 nitrogen and oxygen atoms in total. The summed E-state index contributed by atoms with van der Waals surface area (Å²) in [6, 6.07) is 20.3. The van der Waals surface area contributed by atoms with Gasteiger partial charge in [0.05, 0.1) is 6.54 Å². The lowest BCUT2D eigenvalue weighted by atomic mass is 9.49. The Morgan fingerprint density at radius 1 is 0.857 bits per heavy atom. The Morgan fingerprint density at radius 3 is 1.96 bits per heavy atom. The zero-order valence-electron chi connectivity index (χ0n) is 16.5. The number of carbonyl (C=O) groups excluding carboxylic acids is 1. The molecule has 0 heterocycles. The molecule has 146 valence electrons. The van der Waals surface area contributed by atoms with Gasteiger partial charge >= 0.3 is 6.03 Å². The van der Waals surface area contributed by atoms with Crippen LogP contribution in [0, 0.1) is 23.2 Å². The summed E-state index contributed by atoms with van der Waals surface area (Å²) in [5.74, 6) is 2.74. The van der Waals surface area contributed by atoms with Gasteiger partial charge in [0, 0.05) is 12.2 Å². The molecule has 2 amide bonds. The predicted molar refractivity (Wildman–Crippen MR) is 113 cm³/mol. The minimum Gasteiger partial charge on any atom is -0.337 e. The monoisotopic (exact) mass is 374 g/mol. The lowest BCUT2D eigenvalue weighted by Gasteiger charge is -2.57. The van der Waals surface area contributed by atoms with E-state index < -0.39 is 0 Å². The quantitative estimate of drug-likeness (QED) is 0.724. The number of hydrogen-bond acceptors (Lipinski definition) is 1. The zero-order valence-corrected chi connectivity index (χ0v) is 16.5. The highest BCUT2D eigenvalue weighted by Crippen LogP contribution is 2.59. The SMILES string of the molecule is O=C(NCC12CC3CC(CC(C3)C1)C2)N(Cc1ccccc1)c1ccccc1. The summed E-state index contributed by atoms with van der Waals surface area (Å²) < 4.78 is 0. The normalized spacial score (nSPS) is 30.2. The number of rotatable bonds is 5. The van der Waals surface area contributed by atoms with E-state index in [1.165, 1.54) is 38.5 Å². The van der Waals surface area contributed by atoms with Crippen LogP contribution in [0.5, 0.6) is 0 Å². The second kappa shape index (κ2) is 7.27. The van der Waals surface area contributed by atoms with Gasteiger partial charge in [-0.05, 0) is 79.4 Å². The highest BCUT2D eigenvalue weighted by Gasteiger charge is 2.50. The Hall–Kier alpha value is -2.29. The van der Waals surface area contributed by atoms with Gasteiger partial charge < -0.3 is 5.32 Å². The van der Waals surface area contributed by atoms with Gasteiger partial charge in [-0.2, -0.15) is 0 Å². The molecule has 4 fully saturated rings. The van der Waals surface area contributed by atoms with Crippen molar-refractivity contribution in [2.75, 3.05) is 11.4 Å². The molecule has 0 unspecified atom stereocenters. The Kier molecular flexibility index (Phi) is 4.62. The van der Waals surface area contributed by atoms with Gasteiger partial charge in [-0.3, -0.25) is 4.90 Å². The number of nitrogens with zero attached hydrogens (tertiary/aromatic N) is 1. The third-order valence-corrected chi connectivity index (χ3v) is 7.28. The van der Waals surface area contributed by atoms with Crippen molar-refractivity contribution in [1.82, 2.24) is 5.32 Å². The van der Waals surface area contributed by atoms with Crippen LogP contribution in [0.15, 0.2) is 60.7 Å².